The summed E-state index contributed by atoms with van der Waals surface area (Å²) in [5.74, 6) is 0.0863. The molecule has 0 spiro atoms. The van der Waals surface area contributed by atoms with E-state index < -0.39 is 15.9 Å². The van der Waals surface area contributed by atoms with Gasteiger partial charge in [0.05, 0.1) is 11.3 Å². The molecule has 10 heteroatoms. The van der Waals surface area contributed by atoms with E-state index in [4.69, 9.17) is 9.47 Å². The number of anilines is 1. The fourth-order valence-electron chi connectivity index (χ4n) is 2.66. The van der Waals surface area contributed by atoms with Gasteiger partial charge >= 0.3 is 0 Å². The molecule has 2 amide bonds. The summed E-state index contributed by atoms with van der Waals surface area (Å²) < 4.78 is 35.1. The summed E-state index contributed by atoms with van der Waals surface area (Å²) in [5.41, 5.74) is 3.52. The molecule has 134 valence electrons. The zero-order valence-corrected chi connectivity index (χ0v) is 14.1. The Morgan fingerprint density at radius 2 is 1.88 bits per heavy atom. The van der Waals surface area contributed by atoms with Gasteiger partial charge in [0.25, 0.3) is 15.9 Å². The van der Waals surface area contributed by atoms with Crippen molar-refractivity contribution in [3.05, 3.63) is 47.5 Å². The minimum Gasteiger partial charge on any atom is -0.454 e. The first-order valence-corrected chi connectivity index (χ1v) is 9.05. The Kier molecular flexibility index (Phi) is 3.78. The van der Waals surface area contributed by atoms with Gasteiger partial charge in [0, 0.05) is 11.3 Å². The van der Waals surface area contributed by atoms with Crippen molar-refractivity contribution >= 4 is 27.5 Å². The van der Waals surface area contributed by atoms with Crippen molar-refractivity contribution in [2.75, 3.05) is 12.1 Å². The number of hydrazine groups is 1. The number of sulfonamides is 1. The summed E-state index contributed by atoms with van der Waals surface area (Å²) in [6.07, 6.45) is 0.113. The molecule has 2 aromatic rings. The van der Waals surface area contributed by atoms with Gasteiger partial charge in [0.2, 0.25) is 12.7 Å². The minimum atomic E-state index is -3.99. The lowest BCUT2D eigenvalue weighted by Gasteiger charge is -2.10. The zero-order valence-electron chi connectivity index (χ0n) is 13.2. The van der Waals surface area contributed by atoms with E-state index in [0.29, 0.717) is 22.7 Å². The Hall–Kier alpha value is -3.11. The highest BCUT2D eigenvalue weighted by Crippen LogP contribution is 2.32. The largest absolute Gasteiger partial charge is 0.454 e. The summed E-state index contributed by atoms with van der Waals surface area (Å²) in [6, 6.07) is 8.76. The van der Waals surface area contributed by atoms with E-state index in [1.54, 1.807) is 6.07 Å². The first-order chi connectivity index (χ1) is 12.4. The van der Waals surface area contributed by atoms with Crippen LogP contribution in [0.15, 0.2) is 41.3 Å². The lowest BCUT2D eigenvalue weighted by atomic mass is 10.2. The molecular weight excluding hydrogens is 362 g/mol. The third-order valence-electron chi connectivity index (χ3n) is 3.95. The van der Waals surface area contributed by atoms with E-state index in [2.05, 4.69) is 10.7 Å². The molecule has 0 saturated carbocycles. The number of nitrogens with one attached hydrogen (secondary N) is 3. The number of benzene rings is 2. The lowest BCUT2D eigenvalue weighted by Crippen LogP contribution is -2.41. The SMILES string of the molecule is O=C1Cc2cc(S(=O)(=O)NNC(=O)c3ccc4c(c3)OCO4)ccc2N1. The highest BCUT2D eigenvalue weighted by atomic mass is 32.2. The van der Waals surface area contributed by atoms with Gasteiger partial charge < -0.3 is 14.8 Å². The van der Waals surface area contributed by atoms with Crippen LogP contribution in [0.25, 0.3) is 0 Å². The van der Waals surface area contributed by atoms with E-state index >= 15 is 0 Å². The third kappa shape index (κ3) is 2.95. The Morgan fingerprint density at radius 1 is 1.08 bits per heavy atom. The van der Waals surface area contributed by atoms with Crippen LogP contribution >= 0.6 is 0 Å². The van der Waals surface area contributed by atoms with Crippen LogP contribution in [-0.2, 0) is 21.2 Å². The van der Waals surface area contributed by atoms with Crippen LogP contribution in [-0.4, -0.2) is 27.0 Å². The first-order valence-electron chi connectivity index (χ1n) is 7.57. The molecule has 0 fully saturated rings. The van der Waals surface area contributed by atoms with E-state index in [1.807, 2.05) is 4.83 Å². The predicted molar refractivity (Wildman–Crippen MR) is 89.1 cm³/mol. The molecule has 0 unspecified atom stereocenters. The Labute approximate surface area is 148 Å². The van der Waals surface area contributed by atoms with Crippen LogP contribution in [0.5, 0.6) is 11.5 Å². The van der Waals surface area contributed by atoms with Crippen LogP contribution in [0.4, 0.5) is 5.69 Å². The number of hydrogen-bond acceptors (Lipinski definition) is 6. The molecule has 2 aliphatic heterocycles. The molecular formula is C16H13N3O6S. The van der Waals surface area contributed by atoms with Crippen molar-refractivity contribution < 1.29 is 27.5 Å². The molecule has 0 bridgehead atoms. The summed E-state index contributed by atoms with van der Waals surface area (Å²) in [7, 11) is -3.99. The van der Waals surface area contributed by atoms with E-state index in [-0.39, 0.29) is 29.6 Å². The molecule has 0 aromatic heterocycles. The highest BCUT2D eigenvalue weighted by molar-refractivity contribution is 7.89. The second-order valence-corrected chi connectivity index (χ2v) is 7.35. The van der Waals surface area contributed by atoms with Gasteiger partial charge in [0.1, 0.15) is 0 Å². The summed E-state index contributed by atoms with van der Waals surface area (Å²) >= 11 is 0. The number of rotatable bonds is 4. The number of carbonyl (C=O) groups excluding carboxylic acids is 2. The molecule has 0 aliphatic carbocycles. The molecule has 2 aliphatic rings. The predicted octanol–water partition coefficient (Wildman–Crippen LogP) is 0.533. The fourth-order valence-corrected chi connectivity index (χ4v) is 3.54. The maximum Gasteiger partial charge on any atom is 0.266 e. The molecule has 26 heavy (non-hydrogen) atoms. The van der Waals surface area contributed by atoms with Crippen molar-refractivity contribution in [2.24, 2.45) is 0 Å². The number of amides is 2. The van der Waals surface area contributed by atoms with Crippen LogP contribution in [0, 0.1) is 0 Å². The average molecular weight is 375 g/mol. The van der Waals surface area contributed by atoms with E-state index in [9.17, 15) is 18.0 Å². The van der Waals surface area contributed by atoms with Crippen molar-refractivity contribution in [1.29, 1.82) is 0 Å². The van der Waals surface area contributed by atoms with Gasteiger partial charge in [0.15, 0.2) is 11.5 Å². The summed E-state index contributed by atoms with van der Waals surface area (Å²) in [5, 5.41) is 2.62. The van der Waals surface area contributed by atoms with Gasteiger partial charge in [-0.3, -0.25) is 15.0 Å². The topological polar surface area (TPSA) is 123 Å². The van der Waals surface area contributed by atoms with Gasteiger partial charge in [-0.1, -0.05) is 0 Å². The van der Waals surface area contributed by atoms with Crippen LogP contribution in [0.1, 0.15) is 15.9 Å². The minimum absolute atomic E-state index is 0.0567. The number of hydrogen-bond donors (Lipinski definition) is 3. The number of carbonyl (C=O) groups is 2. The van der Waals surface area contributed by atoms with Gasteiger partial charge in [-0.05, 0) is 42.0 Å². The van der Waals surface area contributed by atoms with Gasteiger partial charge in [-0.15, -0.1) is 4.83 Å². The second-order valence-electron chi connectivity index (χ2n) is 5.67. The monoisotopic (exact) mass is 375 g/mol. The number of fused-ring (bicyclic) bond motifs is 2. The van der Waals surface area contributed by atoms with Crippen molar-refractivity contribution in [3.63, 3.8) is 0 Å². The standard InChI is InChI=1S/C16H13N3O6S/c20-15-7-10-5-11(2-3-12(10)17-15)26(22,23)19-18-16(21)9-1-4-13-14(6-9)25-8-24-13/h1-6,19H,7-8H2,(H,17,20)(H,18,21). The summed E-state index contributed by atoms with van der Waals surface area (Å²) in [4.78, 5) is 25.5. The maximum atomic E-state index is 12.4. The van der Waals surface area contributed by atoms with Crippen LogP contribution in [0.3, 0.4) is 0 Å². The van der Waals surface area contributed by atoms with Crippen LogP contribution in [0.2, 0.25) is 0 Å². The van der Waals surface area contributed by atoms with Crippen molar-refractivity contribution in [2.45, 2.75) is 11.3 Å². The van der Waals surface area contributed by atoms with Crippen molar-refractivity contribution in [3.8, 4) is 11.5 Å². The highest BCUT2D eigenvalue weighted by Gasteiger charge is 2.23. The first kappa shape index (κ1) is 16.4. The Morgan fingerprint density at radius 3 is 2.73 bits per heavy atom. The van der Waals surface area contributed by atoms with E-state index in [1.165, 1.54) is 30.3 Å². The Bertz CT molecular complexity index is 1030. The van der Waals surface area contributed by atoms with Gasteiger partial charge in [-0.2, -0.15) is 0 Å². The maximum absolute atomic E-state index is 12.4. The summed E-state index contributed by atoms with van der Waals surface area (Å²) in [6.45, 7) is 0.0721. The number of ether oxygens (including phenoxy) is 2. The average Bonchev–Trinajstić information content (AvgIpc) is 3.23. The second kappa shape index (κ2) is 6.00. The third-order valence-corrected chi connectivity index (χ3v) is 5.19. The molecule has 0 saturated heterocycles. The molecule has 2 aromatic carbocycles. The molecule has 2 heterocycles. The quantitative estimate of drug-likeness (QED) is 0.670. The molecule has 9 nitrogen and oxygen atoms in total. The lowest BCUT2D eigenvalue weighted by molar-refractivity contribution is -0.115. The van der Waals surface area contributed by atoms with Crippen molar-refractivity contribution in [1.82, 2.24) is 10.3 Å². The molecule has 0 radical (unpaired) electrons. The molecule has 4 rings (SSSR count). The smallest absolute Gasteiger partial charge is 0.266 e. The van der Waals surface area contributed by atoms with Crippen LogP contribution < -0.4 is 25.0 Å². The zero-order chi connectivity index (χ0) is 18.3. The normalized spacial score (nSPS) is 14.7. The fraction of sp³-hybridized carbons (Fsp3) is 0.125. The Balaban J connectivity index is 1.48. The van der Waals surface area contributed by atoms with E-state index in [0.717, 1.165) is 0 Å². The van der Waals surface area contributed by atoms with Gasteiger partial charge in [-0.25, -0.2) is 8.42 Å². The molecule has 0 atom stereocenters. The molecule has 3 N–H and O–H groups in total.